The molecule has 26 heavy (non-hydrogen) atoms. The number of hydrogen-bond donors (Lipinski definition) is 2. The molecule has 2 aliphatic heterocycles. The van der Waals surface area contributed by atoms with E-state index in [0.717, 1.165) is 49.4 Å². The SMILES string of the molecule is O=C1CCCc2cc(S(=O)(=O)N3CCC(NCC4CC4)CC3)ccc2N1. The highest BCUT2D eigenvalue weighted by atomic mass is 32.2. The van der Waals surface area contributed by atoms with Gasteiger partial charge in [-0.1, -0.05) is 0 Å². The Kier molecular flexibility index (Phi) is 5.03. The third kappa shape index (κ3) is 3.94. The maximum atomic E-state index is 13.0. The fraction of sp³-hybridized carbons (Fsp3) is 0.632. The van der Waals surface area contributed by atoms with Crippen LogP contribution in [0.3, 0.4) is 0 Å². The summed E-state index contributed by atoms with van der Waals surface area (Å²) >= 11 is 0. The van der Waals surface area contributed by atoms with Crippen molar-refractivity contribution in [3.8, 4) is 0 Å². The van der Waals surface area contributed by atoms with Gasteiger partial charge in [-0.3, -0.25) is 4.79 Å². The van der Waals surface area contributed by atoms with Gasteiger partial charge in [0.25, 0.3) is 0 Å². The molecular formula is C19H27N3O3S. The van der Waals surface area contributed by atoms with Gasteiger partial charge in [-0.05, 0) is 74.8 Å². The summed E-state index contributed by atoms with van der Waals surface area (Å²) < 4.78 is 27.7. The minimum Gasteiger partial charge on any atom is -0.326 e. The van der Waals surface area contributed by atoms with Gasteiger partial charge in [-0.25, -0.2) is 8.42 Å². The molecule has 1 aromatic carbocycles. The Labute approximate surface area is 155 Å². The van der Waals surface area contributed by atoms with E-state index in [0.29, 0.717) is 30.4 Å². The average molecular weight is 378 g/mol. The Morgan fingerprint density at radius 2 is 1.88 bits per heavy atom. The summed E-state index contributed by atoms with van der Waals surface area (Å²) in [4.78, 5) is 12.0. The van der Waals surface area contributed by atoms with Crippen molar-refractivity contribution in [1.29, 1.82) is 0 Å². The van der Waals surface area contributed by atoms with Gasteiger partial charge in [0, 0.05) is 31.2 Å². The van der Waals surface area contributed by atoms with E-state index in [-0.39, 0.29) is 5.91 Å². The molecule has 1 saturated carbocycles. The summed E-state index contributed by atoms with van der Waals surface area (Å²) in [5, 5.41) is 6.44. The third-order valence-corrected chi connectivity index (χ3v) is 7.58. The predicted molar refractivity (Wildman–Crippen MR) is 101 cm³/mol. The summed E-state index contributed by atoms with van der Waals surface area (Å²) in [6.07, 6.45) is 6.36. The zero-order valence-corrected chi connectivity index (χ0v) is 15.9. The highest BCUT2D eigenvalue weighted by Crippen LogP contribution is 2.29. The Morgan fingerprint density at radius 3 is 2.62 bits per heavy atom. The van der Waals surface area contributed by atoms with Gasteiger partial charge in [0.2, 0.25) is 15.9 Å². The van der Waals surface area contributed by atoms with Gasteiger partial charge in [0.05, 0.1) is 4.90 Å². The molecule has 2 N–H and O–H groups in total. The smallest absolute Gasteiger partial charge is 0.243 e. The predicted octanol–water partition coefficient (Wildman–Crippen LogP) is 2.11. The number of nitrogens with one attached hydrogen (secondary N) is 2. The first-order valence-corrected chi connectivity index (χ1v) is 11.1. The van der Waals surface area contributed by atoms with E-state index < -0.39 is 10.0 Å². The minimum absolute atomic E-state index is 0.000118. The number of hydrogen-bond acceptors (Lipinski definition) is 4. The summed E-state index contributed by atoms with van der Waals surface area (Å²) in [6, 6.07) is 5.53. The van der Waals surface area contributed by atoms with Crippen LogP contribution in [0.5, 0.6) is 0 Å². The molecule has 0 spiro atoms. The molecule has 142 valence electrons. The van der Waals surface area contributed by atoms with Crippen LogP contribution in [0.1, 0.15) is 44.1 Å². The van der Waals surface area contributed by atoms with E-state index in [9.17, 15) is 13.2 Å². The summed E-state index contributed by atoms with van der Waals surface area (Å²) in [5.41, 5.74) is 1.66. The standard InChI is InChI=1S/C19H27N3O3S/c23-19-3-1-2-15-12-17(6-7-18(15)21-19)26(24,25)22-10-8-16(9-11-22)20-13-14-4-5-14/h6-7,12,14,16,20H,1-5,8-11,13H2,(H,21,23). The molecule has 0 unspecified atom stereocenters. The van der Waals surface area contributed by atoms with E-state index in [2.05, 4.69) is 10.6 Å². The van der Waals surface area contributed by atoms with Crippen LogP contribution < -0.4 is 10.6 Å². The van der Waals surface area contributed by atoms with E-state index in [1.165, 1.54) is 12.8 Å². The molecule has 3 aliphatic rings. The van der Waals surface area contributed by atoms with Crippen molar-refractivity contribution < 1.29 is 13.2 Å². The Morgan fingerprint density at radius 1 is 1.12 bits per heavy atom. The van der Waals surface area contributed by atoms with Crippen molar-refractivity contribution >= 4 is 21.6 Å². The molecule has 2 fully saturated rings. The van der Waals surface area contributed by atoms with Crippen LogP contribution >= 0.6 is 0 Å². The molecular weight excluding hydrogens is 350 g/mol. The number of anilines is 1. The normalized spacial score (nSPS) is 22.5. The molecule has 0 atom stereocenters. The number of carbonyl (C=O) groups excluding carboxylic acids is 1. The van der Waals surface area contributed by atoms with Crippen molar-refractivity contribution in [1.82, 2.24) is 9.62 Å². The lowest BCUT2D eigenvalue weighted by atomic mass is 10.1. The number of nitrogens with zero attached hydrogens (tertiary/aromatic N) is 1. The van der Waals surface area contributed by atoms with Crippen molar-refractivity contribution in [3.63, 3.8) is 0 Å². The highest BCUT2D eigenvalue weighted by Gasteiger charge is 2.31. The van der Waals surface area contributed by atoms with Gasteiger partial charge in [0.15, 0.2) is 0 Å². The average Bonchev–Trinajstić information content (AvgIpc) is 3.46. The van der Waals surface area contributed by atoms with E-state index in [1.54, 1.807) is 22.5 Å². The first-order chi connectivity index (χ1) is 12.5. The van der Waals surface area contributed by atoms with Gasteiger partial charge >= 0.3 is 0 Å². The lowest BCUT2D eigenvalue weighted by molar-refractivity contribution is -0.116. The number of carbonyl (C=O) groups is 1. The number of benzene rings is 1. The lowest BCUT2D eigenvalue weighted by Gasteiger charge is -2.32. The number of sulfonamides is 1. The lowest BCUT2D eigenvalue weighted by Crippen LogP contribution is -2.45. The van der Waals surface area contributed by atoms with Crippen molar-refractivity contribution in [2.75, 3.05) is 25.0 Å². The summed E-state index contributed by atoms with van der Waals surface area (Å²) in [7, 11) is -3.47. The number of piperidine rings is 1. The van der Waals surface area contributed by atoms with E-state index in [4.69, 9.17) is 0 Å². The Hall–Kier alpha value is -1.44. The molecule has 4 rings (SSSR count). The second kappa shape index (κ2) is 7.29. The van der Waals surface area contributed by atoms with E-state index >= 15 is 0 Å². The zero-order chi connectivity index (χ0) is 18.1. The number of aryl methyl sites for hydroxylation is 1. The first kappa shape index (κ1) is 17.9. The van der Waals surface area contributed by atoms with Crippen LogP contribution in [0.15, 0.2) is 23.1 Å². The molecule has 1 aromatic rings. The molecule has 7 heteroatoms. The molecule has 6 nitrogen and oxygen atoms in total. The van der Waals surface area contributed by atoms with Crippen molar-refractivity contribution in [3.05, 3.63) is 23.8 Å². The van der Waals surface area contributed by atoms with Crippen LogP contribution in [-0.4, -0.2) is 44.3 Å². The van der Waals surface area contributed by atoms with Crippen molar-refractivity contribution in [2.45, 2.75) is 55.9 Å². The number of rotatable bonds is 5. The maximum Gasteiger partial charge on any atom is 0.243 e. The summed E-state index contributed by atoms with van der Waals surface area (Å²) in [6.45, 7) is 2.21. The Balaban J connectivity index is 1.43. The quantitative estimate of drug-likeness (QED) is 0.824. The third-order valence-electron chi connectivity index (χ3n) is 5.68. The number of fused-ring (bicyclic) bond motifs is 1. The highest BCUT2D eigenvalue weighted by molar-refractivity contribution is 7.89. The van der Waals surface area contributed by atoms with Crippen LogP contribution in [0.25, 0.3) is 0 Å². The first-order valence-electron chi connectivity index (χ1n) is 9.69. The van der Waals surface area contributed by atoms with Gasteiger partial charge in [0.1, 0.15) is 0 Å². The van der Waals surface area contributed by atoms with Gasteiger partial charge in [-0.2, -0.15) is 4.31 Å². The van der Waals surface area contributed by atoms with Crippen LogP contribution in [0.2, 0.25) is 0 Å². The molecule has 0 radical (unpaired) electrons. The molecule has 1 saturated heterocycles. The zero-order valence-electron chi connectivity index (χ0n) is 15.0. The topological polar surface area (TPSA) is 78.5 Å². The fourth-order valence-electron chi connectivity index (χ4n) is 3.82. The van der Waals surface area contributed by atoms with Crippen LogP contribution in [0.4, 0.5) is 5.69 Å². The maximum absolute atomic E-state index is 13.0. The second-order valence-corrected chi connectivity index (χ2v) is 9.69. The number of amides is 1. The Bertz CT molecular complexity index is 781. The molecule has 2 heterocycles. The minimum atomic E-state index is -3.47. The molecule has 0 bridgehead atoms. The molecule has 1 aliphatic carbocycles. The monoisotopic (exact) mass is 377 g/mol. The van der Waals surface area contributed by atoms with Crippen LogP contribution in [0, 0.1) is 5.92 Å². The summed E-state index contributed by atoms with van der Waals surface area (Å²) in [5.74, 6) is 0.844. The van der Waals surface area contributed by atoms with E-state index in [1.807, 2.05) is 0 Å². The van der Waals surface area contributed by atoms with Crippen LogP contribution in [-0.2, 0) is 21.2 Å². The molecule has 1 amide bonds. The largest absolute Gasteiger partial charge is 0.326 e. The molecule has 0 aromatic heterocycles. The fourth-order valence-corrected chi connectivity index (χ4v) is 5.34. The van der Waals surface area contributed by atoms with Crippen molar-refractivity contribution in [2.24, 2.45) is 5.92 Å². The second-order valence-electron chi connectivity index (χ2n) is 7.75. The van der Waals surface area contributed by atoms with Gasteiger partial charge < -0.3 is 10.6 Å². The van der Waals surface area contributed by atoms with Gasteiger partial charge in [-0.15, -0.1) is 0 Å².